The highest BCUT2D eigenvalue weighted by molar-refractivity contribution is 5.79. The minimum Gasteiger partial charge on any atom is -0.340 e. The molecule has 116 valence electrons. The van der Waals surface area contributed by atoms with Gasteiger partial charge in [-0.15, -0.1) is 0 Å². The lowest BCUT2D eigenvalue weighted by Gasteiger charge is -2.35. The Hall–Kier alpha value is -1.36. The molecule has 1 aromatic rings. The fourth-order valence-corrected chi connectivity index (χ4v) is 3.96. The lowest BCUT2D eigenvalue weighted by molar-refractivity contribution is -0.129. The van der Waals surface area contributed by atoms with Gasteiger partial charge in [-0.2, -0.15) is 5.10 Å². The third kappa shape index (κ3) is 2.71. The molecule has 1 unspecified atom stereocenters. The molecule has 1 amide bonds. The van der Waals surface area contributed by atoms with Crippen LogP contribution in [0, 0.1) is 6.92 Å². The third-order valence-electron chi connectivity index (χ3n) is 5.38. The summed E-state index contributed by atoms with van der Waals surface area (Å²) in [6.07, 6.45) is 5.20. The number of rotatable bonds is 2. The molecule has 0 N–H and O–H groups in total. The molecule has 0 bridgehead atoms. The summed E-state index contributed by atoms with van der Waals surface area (Å²) < 4.78 is 1.99. The van der Waals surface area contributed by atoms with Gasteiger partial charge >= 0.3 is 0 Å². The van der Waals surface area contributed by atoms with Gasteiger partial charge in [-0.05, 0) is 45.2 Å². The molecule has 2 aliphatic heterocycles. The third-order valence-corrected chi connectivity index (χ3v) is 5.38. The Morgan fingerprint density at radius 1 is 1.24 bits per heavy atom. The zero-order valence-corrected chi connectivity index (χ0v) is 13.4. The topological polar surface area (TPSA) is 41.4 Å². The molecule has 3 rings (SSSR count). The van der Waals surface area contributed by atoms with E-state index in [1.54, 1.807) is 0 Å². The normalized spacial score (nSPS) is 27.6. The quantitative estimate of drug-likeness (QED) is 0.832. The van der Waals surface area contributed by atoms with E-state index in [0.29, 0.717) is 5.91 Å². The maximum Gasteiger partial charge on any atom is 0.222 e. The highest BCUT2D eigenvalue weighted by atomic mass is 16.2. The molecule has 3 heterocycles. The highest BCUT2D eigenvalue weighted by Gasteiger charge is 2.43. The standard InChI is InChI=1S/C16H26N4O/c1-13-11-14(19(3)17-13)12-20-9-4-6-16(8-10-20)7-5-15(21)18(16)2/h11H,4-10,12H2,1-3H3. The van der Waals surface area contributed by atoms with E-state index in [4.69, 9.17) is 0 Å². The van der Waals surface area contributed by atoms with Gasteiger partial charge in [-0.25, -0.2) is 0 Å². The van der Waals surface area contributed by atoms with Crippen molar-refractivity contribution in [3.8, 4) is 0 Å². The van der Waals surface area contributed by atoms with Crippen molar-refractivity contribution in [2.75, 3.05) is 20.1 Å². The lowest BCUT2D eigenvalue weighted by atomic mass is 9.88. The molecular formula is C16H26N4O. The Balaban J connectivity index is 1.66. The maximum absolute atomic E-state index is 11.9. The van der Waals surface area contributed by atoms with E-state index in [0.717, 1.165) is 51.0 Å². The van der Waals surface area contributed by atoms with Gasteiger partial charge in [0.2, 0.25) is 5.91 Å². The van der Waals surface area contributed by atoms with E-state index in [-0.39, 0.29) is 5.54 Å². The Labute approximate surface area is 126 Å². The van der Waals surface area contributed by atoms with Gasteiger partial charge in [0.25, 0.3) is 0 Å². The van der Waals surface area contributed by atoms with Crippen LogP contribution < -0.4 is 0 Å². The smallest absolute Gasteiger partial charge is 0.222 e. The molecule has 5 nitrogen and oxygen atoms in total. The molecule has 2 aliphatic rings. The Bertz CT molecular complexity index is 538. The SMILES string of the molecule is Cc1cc(CN2CCCC3(CCC(=O)N3C)CC2)n(C)n1. The molecule has 1 atom stereocenters. The molecule has 2 saturated heterocycles. The lowest BCUT2D eigenvalue weighted by Crippen LogP contribution is -2.43. The highest BCUT2D eigenvalue weighted by Crippen LogP contribution is 2.38. The molecule has 1 aromatic heterocycles. The zero-order valence-electron chi connectivity index (χ0n) is 13.4. The van der Waals surface area contributed by atoms with Crippen LogP contribution in [0.1, 0.15) is 43.5 Å². The van der Waals surface area contributed by atoms with Crippen LogP contribution in [-0.2, 0) is 18.4 Å². The van der Waals surface area contributed by atoms with Gasteiger partial charge in [0, 0.05) is 39.1 Å². The molecule has 0 radical (unpaired) electrons. The van der Waals surface area contributed by atoms with Crippen LogP contribution in [0.15, 0.2) is 6.07 Å². The largest absolute Gasteiger partial charge is 0.340 e. The first kappa shape index (κ1) is 14.6. The van der Waals surface area contributed by atoms with Gasteiger partial charge < -0.3 is 4.90 Å². The van der Waals surface area contributed by atoms with Crippen molar-refractivity contribution in [2.45, 2.75) is 51.1 Å². The summed E-state index contributed by atoms with van der Waals surface area (Å²) in [6, 6.07) is 2.17. The van der Waals surface area contributed by atoms with Crippen molar-refractivity contribution >= 4 is 5.91 Å². The minimum absolute atomic E-state index is 0.133. The van der Waals surface area contributed by atoms with Crippen molar-refractivity contribution in [3.05, 3.63) is 17.5 Å². The monoisotopic (exact) mass is 290 g/mol. The van der Waals surface area contributed by atoms with Crippen LogP contribution in [-0.4, -0.2) is 51.2 Å². The fraction of sp³-hybridized carbons (Fsp3) is 0.750. The van der Waals surface area contributed by atoms with E-state index >= 15 is 0 Å². The number of aromatic nitrogens is 2. The first-order valence-electron chi connectivity index (χ1n) is 7.99. The summed E-state index contributed by atoms with van der Waals surface area (Å²) in [6.45, 7) is 5.20. The summed E-state index contributed by atoms with van der Waals surface area (Å²) >= 11 is 0. The number of carbonyl (C=O) groups excluding carboxylic acids is 1. The van der Waals surface area contributed by atoms with Crippen LogP contribution in [0.25, 0.3) is 0 Å². The Morgan fingerprint density at radius 2 is 2.05 bits per heavy atom. The van der Waals surface area contributed by atoms with Gasteiger partial charge in [-0.1, -0.05) is 0 Å². The van der Waals surface area contributed by atoms with Gasteiger partial charge in [-0.3, -0.25) is 14.4 Å². The number of hydrogen-bond donors (Lipinski definition) is 0. The molecule has 0 aliphatic carbocycles. The zero-order chi connectivity index (χ0) is 15.0. The second kappa shape index (κ2) is 5.44. The van der Waals surface area contributed by atoms with Crippen molar-refractivity contribution in [3.63, 3.8) is 0 Å². The number of carbonyl (C=O) groups is 1. The first-order valence-corrected chi connectivity index (χ1v) is 7.99. The van der Waals surface area contributed by atoms with Crippen molar-refractivity contribution in [1.82, 2.24) is 19.6 Å². The second-order valence-electron chi connectivity index (χ2n) is 6.71. The summed E-state index contributed by atoms with van der Waals surface area (Å²) in [5.74, 6) is 0.325. The summed E-state index contributed by atoms with van der Waals surface area (Å²) in [5, 5.41) is 4.43. The van der Waals surface area contributed by atoms with E-state index in [1.807, 2.05) is 30.6 Å². The number of amides is 1. The van der Waals surface area contributed by atoms with E-state index in [2.05, 4.69) is 16.1 Å². The molecule has 5 heteroatoms. The van der Waals surface area contributed by atoms with Gasteiger partial charge in [0.15, 0.2) is 0 Å². The fourth-order valence-electron chi connectivity index (χ4n) is 3.96. The average Bonchev–Trinajstić information content (AvgIpc) is 2.81. The summed E-state index contributed by atoms with van der Waals surface area (Å²) in [5.41, 5.74) is 2.49. The van der Waals surface area contributed by atoms with Crippen LogP contribution in [0.5, 0.6) is 0 Å². The predicted molar refractivity (Wildman–Crippen MR) is 81.8 cm³/mol. The maximum atomic E-state index is 11.9. The first-order chi connectivity index (χ1) is 10.00. The predicted octanol–water partition coefficient (Wildman–Crippen LogP) is 1.71. The van der Waals surface area contributed by atoms with Crippen LogP contribution in [0.4, 0.5) is 0 Å². The number of hydrogen-bond acceptors (Lipinski definition) is 3. The molecule has 0 saturated carbocycles. The van der Waals surface area contributed by atoms with Crippen molar-refractivity contribution < 1.29 is 4.79 Å². The number of aryl methyl sites for hydroxylation is 2. The molecule has 1 spiro atoms. The molecule has 0 aromatic carbocycles. The summed E-state index contributed by atoms with van der Waals surface area (Å²) in [4.78, 5) is 16.4. The van der Waals surface area contributed by atoms with E-state index in [1.165, 1.54) is 12.1 Å². The van der Waals surface area contributed by atoms with Crippen LogP contribution >= 0.6 is 0 Å². The molecule has 21 heavy (non-hydrogen) atoms. The average molecular weight is 290 g/mol. The Morgan fingerprint density at radius 3 is 2.67 bits per heavy atom. The van der Waals surface area contributed by atoms with Crippen molar-refractivity contribution in [1.29, 1.82) is 0 Å². The van der Waals surface area contributed by atoms with Gasteiger partial charge in [0.05, 0.1) is 11.4 Å². The summed E-state index contributed by atoms with van der Waals surface area (Å²) in [7, 11) is 4.01. The Kier molecular flexibility index (Phi) is 3.78. The number of likely N-dealkylation sites (tertiary alicyclic amines) is 2. The van der Waals surface area contributed by atoms with Gasteiger partial charge in [0.1, 0.15) is 0 Å². The van der Waals surface area contributed by atoms with E-state index < -0.39 is 0 Å². The number of nitrogens with zero attached hydrogens (tertiary/aromatic N) is 4. The minimum atomic E-state index is 0.133. The van der Waals surface area contributed by atoms with E-state index in [9.17, 15) is 4.79 Å². The molecule has 2 fully saturated rings. The van der Waals surface area contributed by atoms with Crippen LogP contribution in [0.2, 0.25) is 0 Å². The second-order valence-corrected chi connectivity index (χ2v) is 6.71. The van der Waals surface area contributed by atoms with Crippen LogP contribution in [0.3, 0.4) is 0 Å². The molecular weight excluding hydrogens is 264 g/mol. The van der Waals surface area contributed by atoms with Crippen molar-refractivity contribution in [2.24, 2.45) is 7.05 Å².